The minimum atomic E-state index is -0.269. The van der Waals surface area contributed by atoms with Crippen LogP contribution in [0.1, 0.15) is 21.7 Å². The van der Waals surface area contributed by atoms with Gasteiger partial charge in [-0.05, 0) is 24.3 Å². The minimum absolute atomic E-state index is 0.269. The number of nitrogens with zero attached hydrogens (tertiary/aromatic N) is 5. The predicted octanol–water partition coefficient (Wildman–Crippen LogP) is 1.98. The quantitative estimate of drug-likeness (QED) is 0.798. The summed E-state index contributed by atoms with van der Waals surface area (Å²) in [6.07, 6.45) is 1.88. The van der Waals surface area contributed by atoms with Gasteiger partial charge in [-0.15, -0.1) is 10.2 Å². The number of carbonyl (C=O) groups is 1. The average molecular weight is 320 g/mol. The van der Waals surface area contributed by atoms with Gasteiger partial charge in [-0.25, -0.2) is 0 Å². The Hall–Kier alpha value is -3.22. The molecule has 0 saturated carbocycles. The zero-order chi connectivity index (χ0) is 16.5. The molecule has 0 aliphatic carbocycles. The van der Waals surface area contributed by atoms with E-state index in [0.29, 0.717) is 5.69 Å². The lowest BCUT2D eigenvalue weighted by Crippen LogP contribution is -2.20. The average Bonchev–Trinajstić information content (AvgIpc) is 3.18. The van der Waals surface area contributed by atoms with Gasteiger partial charge in [0.2, 0.25) is 0 Å². The Morgan fingerprint density at radius 1 is 1.08 bits per heavy atom. The van der Waals surface area contributed by atoms with Crippen LogP contribution < -0.4 is 10.2 Å². The topological polar surface area (TPSA) is 75.9 Å². The van der Waals surface area contributed by atoms with Crippen molar-refractivity contribution in [3.63, 3.8) is 0 Å². The molecule has 7 nitrogen and oxygen atoms in total. The number of benzene rings is 1. The molecular weight excluding hydrogens is 304 g/mol. The van der Waals surface area contributed by atoms with Gasteiger partial charge in [0.05, 0.1) is 18.4 Å². The van der Waals surface area contributed by atoms with Crippen LogP contribution in [-0.2, 0) is 20.1 Å². The first kappa shape index (κ1) is 14.4. The van der Waals surface area contributed by atoms with Gasteiger partial charge in [-0.1, -0.05) is 18.2 Å². The number of hydrogen-bond acceptors (Lipinski definition) is 5. The molecule has 0 atom stereocenters. The molecule has 24 heavy (non-hydrogen) atoms. The highest BCUT2D eigenvalue weighted by molar-refractivity contribution is 6.02. The molecule has 3 heterocycles. The van der Waals surface area contributed by atoms with Gasteiger partial charge in [0.15, 0.2) is 11.5 Å². The maximum atomic E-state index is 12.2. The summed E-state index contributed by atoms with van der Waals surface area (Å²) >= 11 is 0. The summed E-state index contributed by atoms with van der Waals surface area (Å²) < 4.78 is 1.88. The molecule has 1 aromatic carbocycles. The second-order valence-corrected chi connectivity index (χ2v) is 5.69. The van der Waals surface area contributed by atoms with Gasteiger partial charge in [0, 0.05) is 24.8 Å². The molecule has 1 amide bonds. The van der Waals surface area contributed by atoms with Crippen LogP contribution in [0.2, 0.25) is 0 Å². The van der Waals surface area contributed by atoms with E-state index in [4.69, 9.17) is 0 Å². The normalized spacial score (nSPS) is 13.0. The van der Waals surface area contributed by atoms with Crippen LogP contribution in [0.25, 0.3) is 0 Å². The Balaban J connectivity index is 1.46. The molecule has 0 radical (unpaired) electrons. The third-order valence-corrected chi connectivity index (χ3v) is 4.09. The molecule has 0 bridgehead atoms. The number of aryl methyl sites for hydroxylation is 1. The van der Waals surface area contributed by atoms with Crippen molar-refractivity contribution < 1.29 is 4.79 Å². The van der Waals surface area contributed by atoms with Gasteiger partial charge in [-0.2, -0.15) is 5.10 Å². The van der Waals surface area contributed by atoms with E-state index in [2.05, 4.69) is 25.5 Å². The van der Waals surface area contributed by atoms with Gasteiger partial charge in [-0.3, -0.25) is 9.48 Å². The summed E-state index contributed by atoms with van der Waals surface area (Å²) in [4.78, 5) is 14.3. The van der Waals surface area contributed by atoms with Crippen molar-refractivity contribution in [3.8, 4) is 0 Å². The Labute approximate surface area is 138 Å². The van der Waals surface area contributed by atoms with Crippen LogP contribution in [-0.4, -0.2) is 25.9 Å². The number of nitrogens with one attached hydrogen (secondary N) is 1. The molecule has 1 aliphatic rings. The highest BCUT2D eigenvalue weighted by atomic mass is 16.1. The Kier molecular flexibility index (Phi) is 3.45. The third-order valence-electron chi connectivity index (χ3n) is 4.09. The van der Waals surface area contributed by atoms with E-state index in [1.807, 2.05) is 54.3 Å². The molecule has 7 heteroatoms. The zero-order valence-corrected chi connectivity index (χ0v) is 13.2. The second-order valence-electron chi connectivity index (χ2n) is 5.69. The SMILES string of the molecule is Cn1ncc2c1CN(c1ccc(C(=O)Nc3ccccc3)nn1)C2. The summed E-state index contributed by atoms with van der Waals surface area (Å²) in [6.45, 7) is 1.50. The smallest absolute Gasteiger partial charge is 0.276 e. The molecule has 3 aromatic rings. The van der Waals surface area contributed by atoms with Crippen LogP contribution in [0, 0.1) is 0 Å². The van der Waals surface area contributed by atoms with E-state index < -0.39 is 0 Å². The van der Waals surface area contributed by atoms with E-state index in [9.17, 15) is 4.79 Å². The van der Waals surface area contributed by atoms with Gasteiger partial charge >= 0.3 is 0 Å². The number of para-hydroxylation sites is 1. The van der Waals surface area contributed by atoms with E-state index in [0.717, 1.165) is 24.6 Å². The number of aromatic nitrogens is 4. The molecule has 1 N–H and O–H groups in total. The van der Waals surface area contributed by atoms with Gasteiger partial charge < -0.3 is 10.2 Å². The number of amides is 1. The van der Waals surface area contributed by atoms with Gasteiger partial charge in [0.1, 0.15) is 0 Å². The van der Waals surface area contributed by atoms with Crippen molar-refractivity contribution in [1.29, 1.82) is 0 Å². The summed E-state index contributed by atoms with van der Waals surface area (Å²) in [6, 6.07) is 12.8. The Bertz CT molecular complexity index is 872. The Morgan fingerprint density at radius 2 is 1.92 bits per heavy atom. The Morgan fingerprint density at radius 3 is 2.62 bits per heavy atom. The zero-order valence-electron chi connectivity index (χ0n) is 13.2. The maximum Gasteiger partial charge on any atom is 0.276 e. The molecule has 0 saturated heterocycles. The first-order chi connectivity index (χ1) is 11.7. The summed E-state index contributed by atoms with van der Waals surface area (Å²) in [5.41, 5.74) is 3.41. The fourth-order valence-corrected chi connectivity index (χ4v) is 2.78. The van der Waals surface area contributed by atoms with Crippen molar-refractivity contribution in [2.45, 2.75) is 13.1 Å². The fraction of sp³-hybridized carbons (Fsp3) is 0.176. The number of hydrogen-bond donors (Lipinski definition) is 1. The fourth-order valence-electron chi connectivity index (χ4n) is 2.78. The summed E-state index contributed by atoms with van der Waals surface area (Å²) in [5.74, 6) is 0.483. The van der Waals surface area contributed by atoms with Crippen LogP contribution in [0.5, 0.6) is 0 Å². The van der Waals surface area contributed by atoms with Crippen molar-refractivity contribution in [2.75, 3.05) is 10.2 Å². The number of carbonyl (C=O) groups excluding carboxylic acids is 1. The largest absolute Gasteiger partial charge is 0.345 e. The predicted molar refractivity (Wildman–Crippen MR) is 89.5 cm³/mol. The lowest BCUT2D eigenvalue weighted by Gasteiger charge is -2.16. The van der Waals surface area contributed by atoms with Crippen molar-refractivity contribution >= 4 is 17.4 Å². The lowest BCUT2D eigenvalue weighted by atomic mass is 10.3. The first-order valence-corrected chi connectivity index (χ1v) is 7.65. The van der Waals surface area contributed by atoms with Crippen molar-refractivity contribution in [2.24, 2.45) is 7.05 Å². The highest BCUT2D eigenvalue weighted by Crippen LogP contribution is 2.25. The van der Waals surface area contributed by atoms with E-state index in [1.54, 1.807) is 6.07 Å². The molecule has 4 rings (SSSR count). The van der Waals surface area contributed by atoms with E-state index >= 15 is 0 Å². The van der Waals surface area contributed by atoms with Crippen LogP contribution in [0.4, 0.5) is 11.5 Å². The molecule has 1 aliphatic heterocycles. The second kappa shape index (κ2) is 5.77. The minimum Gasteiger partial charge on any atom is -0.345 e. The molecule has 2 aromatic heterocycles. The van der Waals surface area contributed by atoms with Crippen molar-refractivity contribution in [3.05, 3.63) is 65.6 Å². The molecule has 0 unspecified atom stereocenters. The molecule has 0 fully saturated rings. The molecule has 120 valence electrons. The van der Waals surface area contributed by atoms with Crippen LogP contribution >= 0.6 is 0 Å². The number of fused-ring (bicyclic) bond motifs is 1. The van der Waals surface area contributed by atoms with Crippen molar-refractivity contribution in [1.82, 2.24) is 20.0 Å². The van der Waals surface area contributed by atoms with Crippen LogP contribution in [0.15, 0.2) is 48.7 Å². The van der Waals surface area contributed by atoms with E-state index in [1.165, 1.54) is 11.3 Å². The third kappa shape index (κ3) is 2.60. The molecular formula is C17H16N6O. The van der Waals surface area contributed by atoms with Gasteiger partial charge in [0.25, 0.3) is 5.91 Å². The first-order valence-electron chi connectivity index (χ1n) is 7.65. The summed E-state index contributed by atoms with van der Waals surface area (Å²) in [5, 5.41) is 15.3. The lowest BCUT2D eigenvalue weighted by molar-refractivity contribution is 0.102. The van der Waals surface area contributed by atoms with Crippen LogP contribution in [0.3, 0.4) is 0 Å². The number of anilines is 2. The summed E-state index contributed by atoms with van der Waals surface area (Å²) in [7, 11) is 1.94. The molecule has 0 spiro atoms. The number of rotatable bonds is 3. The highest BCUT2D eigenvalue weighted by Gasteiger charge is 2.24. The van der Waals surface area contributed by atoms with E-state index in [-0.39, 0.29) is 5.91 Å². The standard InChI is InChI=1S/C17H16N6O/c1-22-15-11-23(10-12(15)9-18-22)16-8-7-14(20-21-16)17(24)19-13-5-3-2-4-6-13/h2-9H,10-11H2,1H3,(H,19,24). The monoisotopic (exact) mass is 320 g/mol. The maximum absolute atomic E-state index is 12.2.